The van der Waals surface area contributed by atoms with Crippen LogP contribution in [0.2, 0.25) is 0 Å². The second-order valence-corrected chi connectivity index (χ2v) is 4.85. The summed E-state index contributed by atoms with van der Waals surface area (Å²) in [5.41, 5.74) is 0. The number of aromatic hydroxyl groups is 1. The normalized spacial score (nSPS) is 17.7. The Morgan fingerprint density at radius 2 is 1.93 bits per heavy atom. The Balaban J connectivity index is 2.00. The van der Waals surface area contributed by atoms with Crippen LogP contribution in [0.1, 0.15) is 32.1 Å². The number of ether oxygens (including phenoxy) is 1. The standard InChI is InChI=1S/C12H15BrO2/c13-11-8-10(6-7-12(11)14)15-9-4-2-1-3-5-9/h6-9,14H,1-5H2. The summed E-state index contributed by atoms with van der Waals surface area (Å²) in [4.78, 5) is 0. The lowest BCUT2D eigenvalue weighted by molar-refractivity contribution is 0.155. The molecule has 0 saturated heterocycles. The maximum atomic E-state index is 9.35. The van der Waals surface area contributed by atoms with Gasteiger partial charge in [-0.2, -0.15) is 0 Å². The topological polar surface area (TPSA) is 29.5 Å². The first-order valence-corrected chi connectivity index (χ1v) is 6.20. The number of halogens is 1. The fourth-order valence-corrected chi connectivity index (χ4v) is 2.29. The third-order valence-corrected chi connectivity index (χ3v) is 3.41. The molecule has 1 aromatic rings. The molecule has 1 fully saturated rings. The fourth-order valence-electron chi connectivity index (χ4n) is 1.94. The monoisotopic (exact) mass is 270 g/mol. The Labute approximate surface area is 98.4 Å². The molecular formula is C12H15BrO2. The van der Waals surface area contributed by atoms with Gasteiger partial charge in [-0.15, -0.1) is 0 Å². The lowest BCUT2D eigenvalue weighted by Crippen LogP contribution is -2.19. The molecule has 1 aliphatic rings. The van der Waals surface area contributed by atoms with Crippen molar-refractivity contribution < 1.29 is 9.84 Å². The highest BCUT2D eigenvalue weighted by atomic mass is 79.9. The van der Waals surface area contributed by atoms with Crippen molar-refractivity contribution in [2.45, 2.75) is 38.2 Å². The van der Waals surface area contributed by atoms with E-state index in [4.69, 9.17) is 4.74 Å². The minimum atomic E-state index is 0.256. The third kappa shape index (κ3) is 2.88. The largest absolute Gasteiger partial charge is 0.507 e. The fraction of sp³-hybridized carbons (Fsp3) is 0.500. The van der Waals surface area contributed by atoms with E-state index in [1.807, 2.05) is 12.1 Å². The van der Waals surface area contributed by atoms with E-state index in [-0.39, 0.29) is 5.75 Å². The van der Waals surface area contributed by atoms with Crippen molar-refractivity contribution >= 4 is 15.9 Å². The maximum Gasteiger partial charge on any atom is 0.130 e. The predicted molar refractivity (Wildman–Crippen MR) is 63.3 cm³/mol. The second kappa shape index (κ2) is 4.88. The molecule has 0 bridgehead atoms. The molecule has 1 saturated carbocycles. The molecule has 82 valence electrons. The van der Waals surface area contributed by atoms with Crippen molar-refractivity contribution in [2.24, 2.45) is 0 Å². The van der Waals surface area contributed by atoms with E-state index in [9.17, 15) is 5.11 Å². The van der Waals surface area contributed by atoms with Crippen LogP contribution in [0.15, 0.2) is 22.7 Å². The zero-order chi connectivity index (χ0) is 10.7. The SMILES string of the molecule is Oc1ccc(OC2CCCCC2)cc1Br. The molecule has 0 atom stereocenters. The lowest BCUT2D eigenvalue weighted by atomic mass is 9.98. The second-order valence-electron chi connectivity index (χ2n) is 3.99. The Morgan fingerprint density at radius 1 is 1.20 bits per heavy atom. The minimum Gasteiger partial charge on any atom is -0.507 e. The summed E-state index contributed by atoms with van der Waals surface area (Å²) in [5, 5.41) is 9.35. The first kappa shape index (κ1) is 10.8. The molecule has 1 aromatic carbocycles. The van der Waals surface area contributed by atoms with E-state index in [0.29, 0.717) is 10.6 Å². The van der Waals surface area contributed by atoms with Crippen molar-refractivity contribution in [3.63, 3.8) is 0 Å². The van der Waals surface area contributed by atoms with Gasteiger partial charge in [-0.05, 0) is 59.8 Å². The molecule has 1 aliphatic carbocycles. The Kier molecular flexibility index (Phi) is 3.52. The van der Waals surface area contributed by atoms with Gasteiger partial charge in [0.15, 0.2) is 0 Å². The van der Waals surface area contributed by atoms with E-state index in [0.717, 1.165) is 18.6 Å². The van der Waals surface area contributed by atoms with Crippen LogP contribution >= 0.6 is 15.9 Å². The molecule has 15 heavy (non-hydrogen) atoms. The van der Waals surface area contributed by atoms with Gasteiger partial charge in [0, 0.05) is 0 Å². The van der Waals surface area contributed by atoms with Crippen LogP contribution in [0.25, 0.3) is 0 Å². The molecule has 2 nitrogen and oxygen atoms in total. The Morgan fingerprint density at radius 3 is 2.60 bits per heavy atom. The number of rotatable bonds is 2. The molecule has 0 aliphatic heterocycles. The number of phenols is 1. The van der Waals surface area contributed by atoms with Crippen LogP contribution in [-0.2, 0) is 0 Å². The van der Waals surface area contributed by atoms with E-state index >= 15 is 0 Å². The summed E-state index contributed by atoms with van der Waals surface area (Å²) in [6.45, 7) is 0. The first-order chi connectivity index (χ1) is 7.25. The first-order valence-electron chi connectivity index (χ1n) is 5.41. The van der Waals surface area contributed by atoms with Crippen molar-refractivity contribution in [2.75, 3.05) is 0 Å². The summed E-state index contributed by atoms with van der Waals surface area (Å²) >= 11 is 3.28. The van der Waals surface area contributed by atoms with Gasteiger partial charge in [0.1, 0.15) is 11.5 Å². The quantitative estimate of drug-likeness (QED) is 0.884. The van der Waals surface area contributed by atoms with Crippen LogP contribution in [0.3, 0.4) is 0 Å². The number of hydrogen-bond acceptors (Lipinski definition) is 2. The van der Waals surface area contributed by atoms with E-state index in [2.05, 4.69) is 15.9 Å². The Hall–Kier alpha value is -0.700. The molecule has 0 aromatic heterocycles. The summed E-state index contributed by atoms with van der Waals surface area (Å²) in [6, 6.07) is 5.29. The molecule has 0 spiro atoms. The van der Waals surface area contributed by atoms with Gasteiger partial charge in [0.25, 0.3) is 0 Å². The van der Waals surface area contributed by atoms with Gasteiger partial charge in [-0.1, -0.05) is 6.42 Å². The highest BCUT2D eigenvalue weighted by molar-refractivity contribution is 9.10. The maximum absolute atomic E-state index is 9.35. The van der Waals surface area contributed by atoms with Crippen molar-refractivity contribution in [1.82, 2.24) is 0 Å². The molecule has 0 amide bonds. The van der Waals surface area contributed by atoms with Gasteiger partial charge in [0.2, 0.25) is 0 Å². The minimum absolute atomic E-state index is 0.256. The third-order valence-electron chi connectivity index (χ3n) is 2.77. The van der Waals surface area contributed by atoms with Gasteiger partial charge in [0.05, 0.1) is 10.6 Å². The summed E-state index contributed by atoms with van der Waals surface area (Å²) in [7, 11) is 0. The van der Waals surface area contributed by atoms with Crippen LogP contribution in [0, 0.1) is 0 Å². The van der Waals surface area contributed by atoms with Gasteiger partial charge >= 0.3 is 0 Å². The Bertz CT molecular complexity index is 332. The molecule has 0 heterocycles. The molecular weight excluding hydrogens is 256 g/mol. The zero-order valence-corrected chi connectivity index (χ0v) is 10.2. The van der Waals surface area contributed by atoms with Crippen molar-refractivity contribution in [3.05, 3.63) is 22.7 Å². The average Bonchev–Trinajstić information content (AvgIpc) is 2.25. The molecule has 0 radical (unpaired) electrons. The number of phenolic OH excluding ortho intramolecular Hbond substituents is 1. The number of benzene rings is 1. The molecule has 0 unspecified atom stereocenters. The van der Waals surface area contributed by atoms with E-state index in [1.165, 1.54) is 19.3 Å². The van der Waals surface area contributed by atoms with Crippen LogP contribution < -0.4 is 4.74 Å². The van der Waals surface area contributed by atoms with Crippen LogP contribution in [0.5, 0.6) is 11.5 Å². The lowest BCUT2D eigenvalue weighted by Gasteiger charge is -2.23. The molecule has 1 N–H and O–H groups in total. The average molecular weight is 271 g/mol. The van der Waals surface area contributed by atoms with Gasteiger partial charge in [-0.3, -0.25) is 0 Å². The smallest absolute Gasteiger partial charge is 0.130 e. The van der Waals surface area contributed by atoms with Gasteiger partial charge < -0.3 is 9.84 Å². The summed E-state index contributed by atoms with van der Waals surface area (Å²) < 4.78 is 6.54. The highest BCUT2D eigenvalue weighted by Gasteiger charge is 2.15. The van der Waals surface area contributed by atoms with E-state index < -0.39 is 0 Å². The zero-order valence-electron chi connectivity index (χ0n) is 8.58. The van der Waals surface area contributed by atoms with Gasteiger partial charge in [-0.25, -0.2) is 0 Å². The van der Waals surface area contributed by atoms with Crippen LogP contribution in [-0.4, -0.2) is 11.2 Å². The summed E-state index contributed by atoms with van der Waals surface area (Å²) in [6.07, 6.45) is 6.53. The number of hydrogen-bond donors (Lipinski definition) is 1. The highest BCUT2D eigenvalue weighted by Crippen LogP contribution is 2.30. The molecule has 3 heteroatoms. The van der Waals surface area contributed by atoms with E-state index in [1.54, 1.807) is 6.07 Å². The van der Waals surface area contributed by atoms with Crippen LogP contribution in [0.4, 0.5) is 0 Å². The predicted octanol–water partition coefficient (Wildman–Crippen LogP) is 3.87. The molecule has 2 rings (SSSR count). The van der Waals surface area contributed by atoms with Crippen molar-refractivity contribution in [1.29, 1.82) is 0 Å². The summed E-state index contributed by atoms with van der Waals surface area (Å²) in [5.74, 6) is 1.09. The van der Waals surface area contributed by atoms with Crippen molar-refractivity contribution in [3.8, 4) is 11.5 Å².